The lowest BCUT2D eigenvalue weighted by molar-refractivity contribution is 0.103. The summed E-state index contributed by atoms with van der Waals surface area (Å²) >= 11 is 1.49. The Balaban J connectivity index is 1.69. The minimum absolute atomic E-state index is 0.162. The van der Waals surface area contributed by atoms with E-state index in [1.807, 2.05) is 20.0 Å². The first-order valence-electron chi connectivity index (χ1n) is 9.50. The Hall–Kier alpha value is -1.74. The van der Waals surface area contributed by atoms with Crippen LogP contribution in [0.25, 0.3) is 0 Å². The van der Waals surface area contributed by atoms with Crippen LogP contribution in [0.3, 0.4) is 0 Å². The molecule has 1 aliphatic heterocycles. The number of sulfonamides is 1. The number of hydrogen-bond acceptors (Lipinski definition) is 5. The number of carbonyl (C=O) groups excluding carboxylic acids is 1. The second-order valence-corrected chi connectivity index (χ2v) is 10.3. The first-order valence-corrected chi connectivity index (χ1v) is 11.8. The van der Waals surface area contributed by atoms with Crippen LogP contribution < -0.4 is 5.32 Å². The number of carbonyl (C=O) groups is 1. The van der Waals surface area contributed by atoms with Crippen LogP contribution in [0.2, 0.25) is 0 Å². The van der Waals surface area contributed by atoms with Gasteiger partial charge in [0.25, 0.3) is 5.91 Å². The lowest BCUT2D eigenvalue weighted by Crippen LogP contribution is -2.46. The van der Waals surface area contributed by atoms with Gasteiger partial charge in [0.1, 0.15) is 0 Å². The number of amides is 1. The monoisotopic (exact) mass is 421 g/mol. The van der Waals surface area contributed by atoms with Crippen LogP contribution in [0.5, 0.6) is 0 Å². The van der Waals surface area contributed by atoms with Crippen molar-refractivity contribution in [2.45, 2.75) is 31.6 Å². The van der Waals surface area contributed by atoms with Crippen LogP contribution in [0, 0.1) is 6.92 Å². The van der Waals surface area contributed by atoms with E-state index < -0.39 is 10.0 Å². The second kappa shape index (κ2) is 8.73. The van der Waals surface area contributed by atoms with Crippen molar-refractivity contribution in [1.82, 2.24) is 9.21 Å². The summed E-state index contributed by atoms with van der Waals surface area (Å²) in [4.78, 5) is 16.7. The Morgan fingerprint density at radius 2 is 1.79 bits per heavy atom. The third-order valence-corrected chi connectivity index (χ3v) is 7.98. The second-order valence-electron chi connectivity index (χ2n) is 7.13. The molecule has 2 heterocycles. The largest absolute Gasteiger partial charge is 0.321 e. The number of nitrogens with zero attached hydrogens (tertiary/aromatic N) is 2. The molecule has 1 aromatic carbocycles. The molecule has 0 unspecified atom stereocenters. The molecule has 3 rings (SSSR count). The van der Waals surface area contributed by atoms with Crippen molar-refractivity contribution >= 4 is 33.0 Å². The van der Waals surface area contributed by atoms with Gasteiger partial charge in [-0.3, -0.25) is 4.79 Å². The zero-order chi connectivity index (χ0) is 20.3. The molecule has 6 nitrogen and oxygen atoms in total. The first kappa shape index (κ1) is 21.0. The average Bonchev–Trinajstić information content (AvgIpc) is 3.04. The third kappa shape index (κ3) is 4.63. The van der Waals surface area contributed by atoms with Crippen molar-refractivity contribution in [3.8, 4) is 0 Å². The molecule has 1 aliphatic rings. The average molecular weight is 422 g/mol. The fourth-order valence-corrected chi connectivity index (χ4v) is 5.62. The molecule has 28 heavy (non-hydrogen) atoms. The first-order chi connectivity index (χ1) is 13.3. The van der Waals surface area contributed by atoms with Crippen molar-refractivity contribution in [1.29, 1.82) is 0 Å². The van der Waals surface area contributed by atoms with E-state index in [1.165, 1.54) is 26.1 Å². The number of piperazine rings is 1. The standard InChI is InChI=1S/C20H27N3O3S2/c1-4-5-16-14-19(27-15(16)2)20(24)21-17-6-8-18(9-7-17)28(25,26)23-12-10-22(3)11-13-23/h6-9,14H,4-5,10-13H2,1-3H3,(H,21,24). The third-order valence-electron chi connectivity index (χ3n) is 4.98. The van der Waals surface area contributed by atoms with Crippen molar-refractivity contribution in [2.75, 3.05) is 38.5 Å². The van der Waals surface area contributed by atoms with Gasteiger partial charge in [0, 0.05) is 36.7 Å². The molecular formula is C20H27N3O3S2. The minimum Gasteiger partial charge on any atom is -0.321 e. The fraction of sp³-hybridized carbons (Fsp3) is 0.450. The van der Waals surface area contributed by atoms with E-state index in [1.54, 1.807) is 24.3 Å². The van der Waals surface area contributed by atoms with E-state index in [9.17, 15) is 13.2 Å². The molecule has 1 N–H and O–H groups in total. The number of nitrogens with one attached hydrogen (secondary N) is 1. The molecule has 0 aliphatic carbocycles. The van der Waals surface area contributed by atoms with Crippen molar-refractivity contribution < 1.29 is 13.2 Å². The Morgan fingerprint density at radius 3 is 2.39 bits per heavy atom. The highest BCUT2D eigenvalue weighted by atomic mass is 32.2. The zero-order valence-corrected chi connectivity index (χ0v) is 18.2. The van der Waals surface area contributed by atoms with E-state index in [0.29, 0.717) is 23.7 Å². The molecule has 8 heteroatoms. The molecule has 1 amide bonds. The molecule has 0 spiro atoms. The summed E-state index contributed by atoms with van der Waals surface area (Å²) < 4.78 is 27.1. The predicted octanol–water partition coefficient (Wildman–Crippen LogP) is 3.20. The Kier molecular flexibility index (Phi) is 6.54. The van der Waals surface area contributed by atoms with Gasteiger partial charge in [-0.1, -0.05) is 13.3 Å². The number of rotatable bonds is 6. The number of hydrogen-bond donors (Lipinski definition) is 1. The number of likely N-dealkylation sites (N-methyl/N-ethyl adjacent to an activating group) is 1. The number of thiophene rings is 1. The summed E-state index contributed by atoms with van der Waals surface area (Å²) in [5.74, 6) is -0.162. The van der Waals surface area contributed by atoms with Crippen LogP contribution >= 0.6 is 11.3 Å². The van der Waals surface area contributed by atoms with Gasteiger partial charge >= 0.3 is 0 Å². The fourth-order valence-electron chi connectivity index (χ4n) is 3.23. The lowest BCUT2D eigenvalue weighted by atomic mass is 10.1. The molecule has 1 aromatic heterocycles. The van der Waals surface area contributed by atoms with Crippen LogP contribution in [0.4, 0.5) is 5.69 Å². The van der Waals surface area contributed by atoms with Crippen molar-refractivity contribution in [3.05, 3.63) is 45.6 Å². The van der Waals surface area contributed by atoms with Crippen molar-refractivity contribution in [3.63, 3.8) is 0 Å². The van der Waals surface area contributed by atoms with E-state index >= 15 is 0 Å². The predicted molar refractivity (Wildman–Crippen MR) is 114 cm³/mol. The van der Waals surface area contributed by atoms with Crippen LogP contribution in [-0.4, -0.2) is 56.8 Å². The zero-order valence-electron chi connectivity index (χ0n) is 16.6. The SMILES string of the molecule is CCCc1cc(C(=O)Nc2ccc(S(=O)(=O)N3CCN(C)CC3)cc2)sc1C. The summed E-state index contributed by atoms with van der Waals surface area (Å²) in [6.07, 6.45) is 2.01. The minimum atomic E-state index is -3.50. The summed E-state index contributed by atoms with van der Waals surface area (Å²) in [7, 11) is -1.51. The molecule has 0 radical (unpaired) electrons. The molecule has 0 saturated carbocycles. The Morgan fingerprint density at radius 1 is 1.14 bits per heavy atom. The quantitative estimate of drug-likeness (QED) is 0.778. The van der Waals surface area contributed by atoms with Gasteiger partial charge in [-0.05, 0) is 56.3 Å². The van der Waals surface area contributed by atoms with Gasteiger partial charge < -0.3 is 10.2 Å². The van der Waals surface area contributed by atoms with Gasteiger partial charge in [-0.15, -0.1) is 11.3 Å². The molecular weight excluding hydrogens is 394 g/mol. The Bertz CT molecular complexity index is 928. The van der Waals surface area contributed by atoms with Crippen molar-refractivity contribution in [2.24, 2.45) is 0 Å². The molecule has 1 fully saturated rings. The van der Waals surface area contributed by atoms with E-state index in [4.69, 9.17) is 0 Å². The maximum absolute atomic E-state index is 12.8. The van der Waals surface area contributed by atoms with Crippen LogP contribution in [0.15, 0.2) is 35.2 Å². The lowest BCUT2D eigenvalue weighted by Gasteiger charge is -2.31. The maximum Gasteiger partial charge on any atom is 0.265 e. The van der Waals surface area contributed by atoms with Gasteiger partial charge in [0.05, 0.1) is 9.77 Å². The summed E-state index contributed by atoms with van der Waals surface area (Å²) in [5, 5.41) is 2.86. The molecule has 152 valence electrons. The van der Waals surface area contributed by atoms with Gasteiger partial charge in [0.15, 0.2) is 0 Å². The van der Waals surface area contributed by atoms with Gasteiger partial charge in [0.2, 0.25) is 10.0 Å². The highest BCUT2D eigenvalue weighted by Gasteiger charge is 2.27. The smallest absolute Gasteiger partial charge is 0.265 e. The molecule has 0 atom stereocenters. The number of aryl methyl sites for hydroxylation is 2. The van der Waals surface area contributed by atoms with E-state index in [0.717, 1.165) is 25.9 Å². The molecule has 0 bridgehead atoms. The highest BCUT2D eigenvalue weighted by Crippen LogP contribution is 2.25. The Labute approximate surface area is 171 Å². The van der Waals surface area contributed by atoms with E-state index in [-0.39, 0.29) is 10.8 Å². The van der Waals surface area contributed by atoms with Gasteiger partial charge in [-0.25, -0.2) is 8.42 Å². The number of benzene rings is 1. The topological polar surface area (TPSA) is 69.7 Å². The van der Waals surface area contributed by atoms with Crippen LogP contribution in [-0.2, 0) is 16.4 Å². The summed E-state index contributed by atoms with van der Waals surface area (Å²) in [5.41, 5.74) is 1.80. The normalized spacial score (nSPS) is 16.2. The highest BCUT2D eigenvalue weighted by molar-refractivity contribution is 7.89. The summed E-state index contributed by atoms with van der Waals surface area (Å²) in [6.45, 7) is 6.60. The number of anilines is 1. The van der Waals surface area contributed by atoms with Crippen LogP contribution in [0.1, 0.15) is 33.5 Å². The van der Waals surface area contributed by atoms with E-state index in [2.05, 4.69) is 17.1 Å². The van der Waals surface area contributed by atoms with Gasteiger partial charge in [-0.2, -0.15) is 4.31 Å². The molecule has 1 saturated heterocycles. The molecule has 2 aromatic rings. The maximum atomic E-state index is 12.8. The summed E-state index contributed by atoms with van der Waals surface area (Å²) in [6, 6.07) is 8.37.